The van der Waals surface area contributed by atoms with E-state index in [1.807, 2.05) is 18.5 Å². The Balaban J connectivity index is 1.90. The summed E-state index contributed by atoms with van der Waals surface area (Å²) >= 11 is 1.77. The molecule has 1 aromatic rings. The standard InChI is InChI=1S/C15H26N4OS/c1-10(2)19-12(4)15(11(3)18-19)17-14(20)9-21-13-5-7-16-8-6-13/h10,13,16H,5-9H2,1-4H3,(H,17,20). The van der Waals surface area contributed by atoms with E-state index in [9.17, 15) is 4.79 Å². The molecule has 0 radical (unpaired) electrons. The highest BCUT2D eigenvalue weighted by atomic mass is 32.2. The van der Waals surface area contributed by atoms with Gasteiger partial charge >= 0.3 is 0 Å². The molecule has 1 fully saturated rings. The summed E-state index contributed by atoms with van der Waals surface area (Å²) in [6, 6.07) is 0.304. The summed E-state index contributed by atoms with van der Waals surface area (Å²) < 4.78 is 1.96. The average Bonchev–Trinajstić information content (AvgIpc) is 2.74. The summed E-state index contributed by atoms with van der Waals surface area (Å²) in [5, 5.41) is 11.5. The first-order valence-electron chi connectivity index (χ1n) is 7.67. The second kappa shape index (κ2) is 7.31. The average molecular weight is 310 g/mol. The van der Waals surface area contributed by atoms with Crippen molar-refractivity contribution < 1.29 is 4.79 Å². The molecule has 1 aromatic heterocycles. The van der Waals surface area contributed by atoms with Gasteiger partial charge in [0.1, 0.15) is 0 Å². The van der Waals surface area contributed by atoms with Crippen LogP contribution in [0.25, 0.3) is 0 Å². The van der Waals surface area contributed by atoms with Crippen molar-refractivity contribution in [3.63, 3.8) is 0 Å². The molecule has 2 N–H and O–H groups in total. The van der Waals surface area contributed by atoms with Crippen LogP contribution < -0.4 is 10.6 Å². The van der Waals surface area contributed by atoms with Gasteiger partial charge < -0.3 is 10.6 Å². The highest BCUT2D eigenvalue weighted by Gasteiger charge is 2.18. The lowest BCUT2D eigenvalue weighted by Crippen LogP contribution is -2.30. The molecule has 118 valence electrons. The van der Waals surface area contributed by atoms with Crippen LogP contribution in [0.2, 0.25) is 0 Å². The highest BCUT2D eigenvalue weighted by Crippen LogP contribution is 2.24. The van der Waals surface area contributed by atoms with Crippen molar-refractivity contribution in [2.24, 2.45) is 0 Å². The molecule has 0 unspecified atom stereocenters. The van der Waals surface area contributed by atoms with Gasteiger partial charge in [0.15, 0.2) is 0 Å². The van der Waals surface area contributed by atoms with E-state index < -0.39 is 0 Å². The normalized spacial score (nSPS) is 16.4. The van der Waals surface area contributed by atoms with Gasteiger partial charge in [-0.2, -0.15) is 5.10 Å². The molecule has 0 saturated carbocycles. The molecular formula is C15H26N4OS. The van der Waals surface area contributed by atoms with Crippen LogP contribution in [-0.4, -0.2) is 39.8 Å². The van der Waals surface area contributed by atoms with Crippen LogP contribution in [0.5, 0.6) is 0 Å². The molecule has 1 aliphatic rings. The first kappa shape index (κ1) is 16.4. The molecule has 2 heterocycles. The van der Waals surface area contributed by atoms with Crippen LogP contribution in [0.1, 0.15) is 44.1 Å². The number of nitrogens with zero attached hydrogens (tertiary/aromatic N) is 2. The number of carbonyl (C=O) groups excluding carboxylic acids is 1. The maximum absolute atomic E-state index is 12.2. The number of aromatic nitrogens is 2. The van der Waals surface area contributed by atoms with E-state index in [1.54, 1.807) is 11.8 Å². The number of piperidine rings is 1. The molecule has 21 heavy (non-hydrogen) atoms. The maximum atomic E-state index is 12.2. The molecule has 1 saturated heterocycles. The third-order valence-electron chi connectivity index (χ3n) is 3.81. The molecule has 5 nitrogen and oxygen atoms in total. The van der Waals surface area contributed by atoms with Crippen LogP contribution in [0.3, 0.4) is 0 Å². The van der Waals surface area contributed by atoms with Crippen molar-refractivity contribution in [1.29, 1.82) is 0 Å². The Morgan fingerprint density at radius 3 is 2.67 bits per heavy atom. The van der Waals surface area contributed by atoms with Crippen molar-refractivity contribution in [2.75, 3.05) is 24.2 Å². The SMILES string of the molecule is Cc1nn(C(C)C)c(C)c1NC(=O)CSC1CCNCC1. The third kappa shape index (κ3) is 4.23. The fourth-order valence-electron chi connectivity index (χ4n) is 2.68. The van der Waals surface area contributed by atoms with Crippen molar-refractivity contribution in [2.45, 2.75) is 51.8 Å². The Morgan fingerprint density at radius 1 is 1.43 bits per heavy atom. The number of carbonyl (C=O) groups is 1. The Bertz CT molecular complexity index is 492. The number of hydrogen-bond donors (Lipinski definition) is 2. The number of amides is 1. The van der Waals surface area contributed by atoms with Gasteiger partial charge in [0, 0.05) is 11.3 Å². The predicted octanol–water partition coefficient (Wildman–Crippen LogP) is 2.50. The van der Waals surface area contributed by atoms with E-state index in [2.05, 4.69) is 29.6 Å². The number of thioether (sulfide) groups is 1. The van der Waals surface area contributed by atoms with E-state index in [0.717, 1.165) is 43.0 Å². The zero-order chi connectivity index (χ0) is 15.4. The molecule has 0 atom stereocenters. The first-order valence-corrected chi connectivity index (χ1v) is 8.71. The Kier molecular flexibility index (Phi) is 5.70. The largest absolute Gasteiger partial charge is 0.322 e. The lowest BCUT2D eigenvalue weighted by Gasteiger charge is -2.21. The van der Waals surface area contributed by atoms with E-state index in [-0.39, 0.29) is 5.91 Å². The molecule has 0 spiro atoms. The smallest absolute Gasteiger partial charge is 0.234 e. The second-order valence-corrected chi connectivity index (χ2v) is 7.18. The maximum Gasteiger partial charge on any atom is 0.234 e. The van der Waals surface area contributed by atoms with Gasteiger partial charge in [-0.15, -0.1) is 11.8 Å². The molecule has 0 bridgehead atoms. The van der Waals surface area contributed by atoms with E-state index in [1.165, 1.54) is 0 Å². The summed E-state index contributed by atoms with van der Waals surface area (Å²) in [6.07, 6.45) is 2.31. The number of hydrogen-bond acceptors (Lipinski definition) is 4. The van der Waals surface area contributed by atoms with Crippen molar-refractivity contribution in [3.05, 3.63) is 11.4 Å². The molecule has 0 aromatic carbocycles. The van der Waals surface area contributed by atoms with Gasteiger partial charge in [0.25, 0.3) is 0 Å². The van der Waals surface area contributed by atoms with Gasteiger partial charge in [-0.1, -0.05) is 0 Å². The minimum atomic E-state index is 0.0769. The quantitative estimate of drug-likeness (QED) is 0.877. The number of anilines is 1. The number of aryl methyl sites for hydroxylation is 1. The molecule has 0 aliphatic carbocycles. The molecular weight excluding hydrogens is 284 g/mol. The monoisotopic (exact) mass is 310 g/mol. The minimum Gasteiger partial charge on any atom is -0.322 e. The van der Waals surface area contributed by atoms with Crippen LogP contribution in [0.4, 0.5) is 5.69 Å². The van der Waals surface area contributed by atoms with Crippen LogP contribution >= 0.6 is 11.8 Å². The van der Waals surface area contributed by atoms with Crippen LogP contribution in [-0.2, 0) is 4.79 Å². The lowest BCUT2D eigenvalue weighted by atomic mass is 10.2. The summed E-state index contributed by atoms with van der Waals surface area (Å²) in [4.78, 5) is 12.2. The van der Waals surface area contributed by atoms with Crippen LogP contribution in [0.15, 0.2) is 0 Å². The van der Waals surface area contributed by atoms with Gasteiger partial charge in [0.05, 0.1) is 22.8 Å². The summed E-state index contributed by atoms with van der Waals surface area (Å²) in [6.45, 7) is 10.3. The fourth-order valence-corrected chi connectivity index (χ4v) is 3.71. The van der Waals surface area contributed by atoms with E-state index in [0.29, 0.717) is 17.0 Å². The van der Waals surface area contributed by atoms with Gasteiger partial charge in [-0.3, -0.25) is 9.48 Å². The van der Waals surface area contributed by atoms with E-state index >= 15 is 0 Å². The number of nitrogens with one attached hydrogen (secondary N) is 2. The fraction of sp³-hybridized carbons (Fsp3) is 0.733. The molecule has 2 rings (SSSR count). The first-order chi connectivity index (χ1) is 9.99. The van der Waals surface area contributed by atoms with Crippen molar-refractivity contribution in [1.82, 2.24) is 15.1 Å². The molecule has 1 amide bonds. The summed E-state index contributed by atoms with van der Waals surface area (Å²) in [5.74, 6) is 0.601. The zero-order valence-corrected chi connectivity index (χ0v) is 14.2. The highest BCUT2D eigenvalue weighted by molar-refractivity contribution is 8.00. The van der Waals surface area contributed by atoms with Crippen molar-refractivity contribution >= 4 is 23.4 Å². The topological polar surface area (TPSA) is 59.0 Å². The Labute approximate surface area is 131 Å². The van der Waals surface area contributed by atoms with Crippen molar-refractivity contribution in [3.8, 4) is 0 Å². The third-order valence-corrected chi connectivity index (χ3v) is 5.19. The Hall–Kier alpha value is -1.01. The number of rotatable bonds is 5. The van der Waals surface area contributed by atoms with Gasteiger partial charge in [-0.25, -0.2) is 0 Å². The molecule has 6 heteroatoms. The lowest BCUT2D eigenvalue weighted by molar-refractivity contribution is -0.113. The van der Waals surface area contributed by atoms with Gasteiger partial charge in [0.2, 0.25) is 5.91 Å². The summed E-state index contributed by atoms with van der Waals surface area (Å²) in [7, 11) is 0. The minimum absolute atomic E-state index is 0.0769. The zero-order valence-electron chi connectivity index (χ0n) is 13.4. The van der Waals surface area contributed by atoms with Gasteiger partial charge in [-0.05, 0) is 53.6 Å². The second-order valence-electron chi connectivity index (χ2n) is 5.89. The predicted molar refractivity (Wildman–Crippen MR) is 89.1 cm³/mol. The summed E-state index contributed by atoms with van der Waals surface area (Å²) in [5.41, 5.74) is 2.80. The molecule has 1 aliphatic heterocycles. The van der Waals surface area contributed by atoms with Crippen LogP contribution in [0, 0.1) is 13.8 Å². The Morgan fingerprint density at radius 2 is 2.10 bits per heavy atom. The van der Waals surface area contributed by atoms with E-state index in [4.69, 9.17) is 0 Å².